The van der Waals surface area contributed by atoms with E-state index in [0.29, 0.717) is 5.92 Å². The second kappa shape index (κ2) is 17.1. The Balaban J connectivity index is 0.000000153. The molecule has 4 aromatic carbocycles. The van der Waals surface area contributed by atoms with Crippen LogP contribution in [0.4, 0.5) is 0 Å². The number of nitrogens with zero attached hydrogens (tertiary/aromatic N) is 4. The topological polar surface area (TPSA) is 43.6 Å². The molecule has 0 saturated heterocycles. The molecule has 8 rings (SSSR count). The van der Waals surface area contributed by atoms with Gasteiger partial charge in [0.2, 0.25) is 0 Å². The largest absolute Gasteiger partial charge is 3.00 e. The van der Waals surface area contributed by atoms with E-state index in [2.05, 4.69) is 88.0 Å². The molecule has 0 aliphatic heterocycles. The molecule has 0 atom stereocenters. The summed E-state index contributed by atoms with van der Waals surface area (Å²) in [6, 6.07) is 56.0. The first-order chi connectivity index (χ1) is 23.2. The minimum absolute atomic E-state index is 0. The van der Waals surface area contributed by atoms with Crippen molar-refractivity contribution >= 4 is 21.8 Å². The van der Waals surface area contributed by atoms with Crippen LogP contribution in [0.15, 0.2) is 158 Å². The number of aromatic nitrogens is 4. The predicted octanol–water partition coefficient (Wildman–Crippen LogP) is 10.4. The van der Waals surface area contributed by atoms with E-state index in [4.69, 9.17) is 0 Å². The SMILES string of the molecule is CC(C)Cn1c2c[c-]c(-c3ccccn3)cc2c2ccccc21.[Ir+3].[c-]1ccccc1-c1ccccn1.[c-]1ccccc1-c1ccccn1. The van der Waals surface area contributed by atoms with E-state index < -0.39 is 0 Å². The molecule has 0 spiro atoms. The Morgan fingerprint density at radius 3 is 1.50 bits per heavy atom. The van der Waals surface area contributed by atoms with Gasteiger partial charge in [-0.05, 0) is 58.2 Å². The van der Waals surface area contributed by atoms with Crippen LogP contribution in [0.1, 0.15) is 13.8 Å². The molecule has 0 amide bonds. The minimum Gasteiger partial charge on any atom is -0.380 e. The summed E-state index contributed by atoms with van der Waals surface area (Å²) >= 11 is 0. The van der Waals surface area contributed by atoms with Gasteiger partial charge in [0.05, 0.1) is 0 Å². The Bertz CT molecular complexity index is 1960. The van der Waals surface area contributed by atoms with Crippen molar-refractivity contribution in [3.63, 3.8) is 0 Å². The molecular formula is C43H35IrN4. The number of hydrogen-bond donors (Lipinski definition) is 0. The quantitative estimate of drug-likeness (QED) is 0.163. The normalized spacial score (nSPS) is 10.4. The predicted molar refractivity (Wildman–Crippen MR) is 193 cm³/mol. The molecule has 48 heavy (non-hydrogen) atoms. The van der Waals surface area contributed by atoms with E-state index in [1.807, 2.05) is 109 Å². The minimum atomic E-state index is 0. The van der Waals surface area contributed by atoms with Crippen molar-refractivity contribution < 1.29 is 20.1 Å². The Labute approximate surface area is 296 Å². The molecule has 236 valence electrons. The summed E-state index contributed by atoms with van der Waals surface area (Å²) in [6.45, 7) is 5.53. The Hall–Kier alpha value is -5.22. The van der Waals surface area contributed by atoms with Crippen molar-refractivity contribution in [3.8, 4) is 33.8 Å². The molecule has 0 fully saturated rings. The third kappa shape index (κ3) is 8.57. The zero-order chi connectivity index (χ0) is 32.3. The fourth-order valence-corrected chi connectivity index (χ4v) is 5.37. The zero-order valence-corrected chi connectivity index (χ0v) is 29.3. The van der Waals surface area contributed by atoms with Crippen LogP contribution in [0, 0.1) is 24.1 Å². The van der Waals surface area contributed by atoms with Gasteiger partial charge in [-0.2, -0.15) is 0 Å². The van der Waals surface area contributed by atoms with Gasteiger partial charge in [-0.1, -0.05) is 73.8 Å². The van der Waals surface area contributed by atoms with E-state index in [1.165, 1.54) is 21.8 Å². The van der Waals surface area contributed by atoms with Gasteiger partial charge < -0.3 is 19.5 Å². The summed E-state index contributed by atoms with van der Waals surface area (Å²) in [6.07, 6.45) is 5.40. The molecule has 0 radical (unpaired) electrons. The first-order valence-corrected chi connectivity index (χ1v) is 15.8. The Morgan fingerprint density at radius 2 is 1.02 bits per heavy atom. The summed E-state index contributed by atoms with van der Waals surface area (Å²) in [5.74, 6) is 0.601. The average Bonchev–Trinajstić information content (AvgIpc) is 3.46. The number of rotatable bonds is 5. The van der Waals surface area contributed by atoms with Crippen molar-refractivity contribution in [2.24, 2.45) is 5.92 Å². The summed E-state index contributed by atoms with van der Waals surface area (Å²) in [7, 11) is 0. The third-order valence-electron chi connectivity index (χ3n) is 7.49. The van der Waals surface area contributed by atoms with Crippen LogP contribution in [-0.2, 0) is 26.7 Å². The van der Waals surface area contributed by atoms with Gasteiger partial charge in [0.1, 0.15) is 0 Å². The molecule has 4 heterocycles. The molecule has 0 aliphatic carbocycles. The van der Waals surface area contributed by atoms with Gasteiger partial charge in [0, 0.05) is 30.7 Å². The van der Waals surface area contributed by atoms with E-state index >= 15 is 0 Å². The number of para-hydroxylation sites is 1. The summed E-state index contributed by atoms with van der Waals surface area (Å²) in [4.78, 5) is 12.9. The standard InChI is InChI=1S/C21H19N2.2C11H8N.Ir/c1-15(2)14-23-20-9-4-3-7-17(20)18-13-16(10-11-21(18)23)19-8-5-6-12-22-19;2*1-2-6-10(7-3-1)11-8-4-5-9-12-11;/h3-9,11-13,15H,14H2,1-2H3;2*1-6,8-9H;/q3*-1;+3. The molecule has 0 saturated carbocycles. The molecule has 4 nitrogen and oxygen atoms in total. The van der Waals surface area contributed by atoms with Crippen LogP contribution in [0.5, 0.6) is 0 Å². The maximum absolute atomic E-state index is 4.45. The Morgan fingerprint density at radius 1 is 0.521 bits per heavy atom. The monoisotopic (exact) mass is 800 g/mol. The summed E-state index contributed by atoms with van der Waals surface area (Å²) in [5.41, 5.74) is 8.58. The smallest absolute Gasteiger partial charge is 0.380 e. The van der Waals surface area contributed by atoms with Crippen LogP contribution < -0.4 is 0 Å². The number of pyridine rings is 3. The van der Waals surface area contributed by atoms with E-state index in [0.717, 1.165) is 40.3 Å². The van der Waals surface area contributed by atoms with E-state index in [1.54, 1.807) is 12.4 Å². The molecule has 5 heteroatoms. The van der Waals surface area contributed by atoms with Crippen molar-refractivity contribution in [1.29, 1.82) is 0 Å². The average molecular weight is 800 g/mol. The maximum Gasteiger partial charge on any atom is 3.00 e. The van der Waals surface area contributed by atoms with Gasteiger partial charge in [-0.25, -0.2) is 0 Å². The van der Waals surface area contributed by atoms with Crippen molar-refractivity contribution in [2.45, 2.75) is 20.4 Å². The molecule has 0 bridgehead atoms. The fraction of sp³-hybridized carbons (Fsp3) is 0.0930. The zero-order valence-electron chi connectivity index (χ0n) is 26.9. The van der Waals surface area contributed by atoms with Gasteiger partial charge in [0.25, 0.3) is 0 Å². The second-order valence-electron chi connectivity index (χ2n) is 11.4. The van der Waals surface area contributed by atoms with Crippen molar-refractivity contribution in [1.82, 2.24) is 19.5 Å². The first-order valence-electron chi connectivity index (χ1n) is 15.8. The molecule has 0 aliphatic rings. The third-order valence-corrected chi connectivity index (χ3v) is 7.49. The molecule has 0 unspecified atom stereocenters. The van der Waals surface area contributed by atoms with Crippen molar-refractivity contribution in [3.05, 3.63) is 176 Å². The second-order valence-corrected chi connectivity index (χ2v) is 11.4. The summed E-state index contributed by atoms with van der Waals surface area (Å²) in [5, 5.41) is 2.58. The summed E-state index contributed by atoms with van der Waals surface area (Å²) < 4.78 is 2.41. The fourth-order valence-electron chi connectivity index (χ4n) is 5.37. The van der Waals surface area contributed by atoms with Gasteiger partial charge in [-0.15, -0.1) is 95.6 Å². The number of benzene rings is 4. The molecule has 0 N–H and O–H groups in total. The number of fused-ring (bicyclic) bond motifs is 3. The van der Waals surface area contributed by atoms with Crippen LogP contribution in [0.3, 0.4) is 0 Å². The van der Waals surface area contributed by atoms with Crippen LogP contribution in [-0.4, -0.2) is 19.5 Å². The van der Waals surface area contributed by atoms with Crippen LogP contribution in [0.2, 0.25) is 0 Å². The molecule has 4 aromatic heterocycles. The van der Waals surface area contributed by atoms with Crippen molar-refractivity contribution in [2.75, 3.05) is 0 Å². The molecule has 8 aromatic rings. The first kappa shape index (κ1) is 34.1. The van der Waals surface area contributed by atoms with Gasteiger partial charge in [-0.3, -0.25) is 0 Å². The van der Waals surface area contributed by atoms with Gasteiger partial charge in [0.15, 0.2) is 0 Å². The van der Waals surface area contributed by atoms with E-state index in [9.17, 15) is 0 Å². The van der Waals surface area contributed by atoms with Crippen LogP contribution >= 0.6 is 0 Å². The maximum atomic E-state index is 4.45. The Kier molecular flexibility index (Phi) is 12.1. The number of hydrogen-bond acceptors (Lipinski definition) is 3. The molecular weight excluding hydrogens is 765 g/mol. The van der Waals surface area contributed by atoms with E-state index in [-0.39, 0.29) is 20.1 Å². The van der Waals surface area contributed by atoms with Crippen LogP contribution in [0.25, 0.3) is 55.6 Å². The van der Waals surface area contributed by atoms with Gasteiger partial charge >= 0.3 is 20.1 Å².